The Bertz CT molecular complexity index is 623. The van der Waals surface area contributed by atoms with E-state index in [2.05, 4.69) is 31.2 Å². The molecule has 0 spiro atoms. The van der Waals surface area contributed by atoms with Crippen molar-refractivity contribution in [3.63, 3.8) is 0 Å². The first-order valence-electron chi connectivity index (χ1n) is 5.91. The number of amides is 1. The Morgan fingerprint density at radius 2 is 2.25 bits per heavy atom. The number of carbonyl (C=O) groups is 1. The first-order chi connectivity index (χ1) is 9.67. The average Bonchev–Trinajstić information content (AvgIpc) is 2.45. The molecule has 2 heterocycles. The molecule has 20 heavy (non-hydrogen) atoms. The van der Waals surface area contributed by atoms with Crippen molar-refractivity contribution < 1.29 is 4.79 Å². The van der Waals surface area contributed by atoms with Crippen molar-refractivity contribution in [2.75, 3.05) is 16.8 Å². The zero-order valence-electron chi connectivity index (χ0n) is 10.7. The van der Waals surface area contributed by atoms with E-state index in [1.165, 1.54) is 4.90 Å². The van der Waals surface area contributed by atoms with Gasteiger partial charge in [-0.05, 0) is 41.1 Å². The SMILES string of the molecule is CCNc1ncccc1N(C=O)c1cc(Br)cnc1Cl. The van der Waals surface area contributed by atoms with Crippen molar-refractivity contribution in [3.05, 3.63) is 40.2 Å². The van der Waals surface area contributed by atoms with Gasteiger partial charge in [-0.25, -0.2) is 9.97 Å². The smallest absolute Gasteiger partial charge is 0.218 e. The van der Waals surface area contributed by atoms with Gasteiger partial charge in [0, 0.05) is 23.4 Å². The first kappa shape index (κ1) is 14.7. The van der Waals surface area contributed by atoms with Crippen molar-refractivity contribution >= 4 is 51.1 Å². The van der Waals surface area contributed by atoms with Crippen LogP contribution in [-0.4, -0.2) is 22.9 Å². The van der Waals surface area contributed by atoms with Crippen molar-refractivity contribution in [2.45, 2.75) is 6.92 Å². The summed E-state index contributed by atoms with van der Waals surface area (Å²) in [6.45, 7) is 2.65. The fourth-order valence-corrected chi connectivity index (χ4v) is 2.23. The Balaban J connectivity index is 2.52. The fourth-order valence-electron chi connectivity index (χ4n) is 1.72. The molecule has 0 aliphatic carbocycles. The van der Waals surface area contributed by atoms with Crippen LogP contribution < -0.4 is 10.2 Å². The molecule has 2 aromatic heterocycles. The number of carbonyl (C=O) groups excluding carboxylic acids is 1. The third-order valence-electron chi connectivity index (χ3n) is 2.54. The summed E-state index contributed by atoms with van der Waals surface area (Å²) >= 11 is 9.40. The van der Waals surface area contributed by atoms with E-state index in [4.69, 9.17) is 11.6 Å². The lowest BCUT2D eigenvalue weighted by Gasteiger charge is -2.21. The molecule has 1 amide bonds. The Labute approximate surface area is 130 Å². The number of anilines is 3. The maximum absolute atomic E-state index is 11.5. The molecule has 0 atom stereocenters. The minimum atomic E-state index is 0.242. The summed E-state index contributed by atoms with van der Waals surface area (Å²) in [5.74, 6) is 0.609. The van der Waals surface area contributed by atoms with E-state index in [9.17, 15) is 4.79 Å². The number of aromatic nitrogens is 2. The van der Waals surface area contributed by atoms with Crippen LogP contribution >= 0.6 is 27.5 Å². The van der Waals surface area contributed by atoms with Crippen LogP contribution in [0.1, 0.15) is 6.92 Å². The minimum absolute atomic E-state index is 0.242. The van der Waals surface area contributed by atoms with E-state index in [-0.39, 0.29) is 5.15 Å². The van der Waals surface area contributed by atoms with Crippen molar-refractivity contribution in [1.82, 2.24) is 9.97 Å². The number of halogens is 2. The molecule has 7 heteroatoms. The second-order valence-corrected chi connectivity index (χ2v) is 5.11. The Hall–Kier alpha value is -1.66. The summed E-state index contributed by atoms with van der Waals surface area (Å²) in [6.07, 6.45) is 3.92. The molecule has 0 bridgehead atoms. The van der Waals surface area contributed by atoms with Gasteiger partial charge in [-0.2, -0.15) is 0 Å². The number of pyridine rings is 2. The molecule has 2 aromatic rings. The lowest BCUT2D eigenvalue weighted by Crippen LogP contribution is -2.17. The molecule has 0 radical (unpaired) electrons. The highest BCUT2D eigenvalue weighted by molar-refractivity contribution is 9.10. The summed E-state index contributed by atoms with van der Waals surface area (Å²) in [5, 5.41) is 3.35. The molecule has 5 nitrogen and oxygen atoms in total. The summed E-state index contributed by atoms with van der Waals surface area (Å²) in [6, 6.07) is 5.27. The van der Waals surface area contributed by atoms with Crippen LogP contribution in [0.4, 0.5) is 17.2 Å². The van der Waals surface area contributed by atoms with Gasteiger partial charge in [0.25, 0.3) is 0 Å². The predicted molar refractivity (Wildman–Crippen MR) is 83.6 cm³/mol. The number of rotatable bonds is 5. The molecule has 1 N–H and O–H groups in total. The average molecular weight is 356 g/mol. The second-order valence-electron chi connectivity index (χ2n) is 3.84. The van der Waals surface area contributed by atoms with Crippen LogP contribution in [0, 0.1) is 0 Å². The Morgan fingerprint density at radius 3 is 2.95 bits per heavy atom. The van der Waals surface area contributed by atoms with Crippen LogP contribution in [0.2, 0.25) is 5.15 Å². The second kappa shape index (κ2) is 6.67. The van der Waals surface area contributed by atoms with Gasteiger partial charge in [-0.3, -0.25) is 9.69 Å². The highest BCUT2D eigenvalue weighted by Crippen LogP contribution is 2.34. The summed E-state index contributed by atoms with van der Waals surface area (Å²) in [7, 11) is 0. The maximum Gasteiger partial charge on any atom is 0.218 e. The van der Waals surface area contributed by atoms with Crippen molar-refractivity contribution in [1.29, 1.82) is 0 Å². The molecule has 0 aliphatic heterocycles. The third kappa shape index (κ3) is 3.08. The fraction of sp³-hybridized carbons (Fsp3) is 0.154. The monoisotopic (exact) mass is 354 g/mol. The van der Waals surface area contributed by atoms with Gasteiger partial charge in [0.15, 0.2) is 5.15 Å². The highest BCUT2D eigenvalue weighted by Gasteiger charge is 2.17. The quantitative estimate of drug-likeness (QED) is 0.657. The molecule has 2 rings (SSSR count). The van der Waals surface area contributed by atoms with Gasteiger partial charge in [-0.15, -0.1) is 0 Å². The first-order valence-corrected chi connectivity index (χ1v) is 7.09. The van der Waals surface area contributed by atoms with Crippen LogP contribution in [-0.2, 0) is 4.79 Å². The van der Waals surface area contributed by atoms with Gasteiger partial charge in [-0.1, -0.05) is 11.6 Å². The molecular formula is C13H12BrClN4O. The molecule has 0 fully saturated rings. The predicted octanol–water partition coefficient (Wildman–Crippen LogP) is 3.62. The molecule has 0 saturated carbocycles. The molecular weight excluding hydrogens is 344 g/mol. The number of hydrogen-bond acceptors (Lipinski definition) is 4. The van der Waals surface area contributed by atoms with Crippen LogP contribution in [0.15, 0.2) is 35.1 Å². The maximum atomic E-state index is 11.5. The van der Waals surface area contributed by atoms with E-state index < -0.39 is 0 Å². The van der Waals surface area contributed by atoms with Gasteiger partial charge in [0.05, 0.1) is 11.4 Å². The highest BCUT2D eigenvalue weighted by atomic mass is 79.9. The van der Waals surface area contributed by atoms with E-state index in [1.54, 1.807) is 30.6 Å². The number of nitrogens with one attached hydrogen (secondary N) is 1. The van der Waals surface area contributed by atoms with E-state index in [0.717, 1.165) is 4.47 Å². The van der Waals surface area contributed by atoms with E-state index >= 15 is 0 Å². The van der Waals surface area contributed by atoms with Crippen molar-refractivity contribution in [3.8, 4) is 0 Å². The summed E-state index contributed by atoms with van der Waals surface area (Å²) in [4.78, 5) is 21.2. The van der Waals surface area contributed by atoms with Gasteiger partial charge < -0.3 is 5.32 Å². The largest absolute Gasteiger partial charge is 0.369 e. The topological polar surface area (TPSA) is 58.1 Å². The molecule has 0 unspecified atom stereocenters. The van der Waals surface area contributed by atoms with Gasteiger partial charge in [0.1, 0.15) is 5.82 Å². The molecule has 0 saturated heterocycles. The lowest BCUT2D eigenvalue weighted by atomic mass is 10.3. The zero-order valence-corrected chi connectivity index (χ0v) is 13.0. The third-order valence-corrected chi connectivity index (χ3v) is 3.27. The van der Waals surface area contributed by atoms with Crippen LogP contribution in [0.25, 0.3) is 0 Å². The van der Waals surface area contributed by atoms with Crippen LogP contribution in [0.5, 0.6) is 0 Å². The Kier molecular flexibility index (Phi) is 4.92. The normalized spacial score (nSPS) is 10.2. The summed E-state index contributed by atoms with van der Waals surface area (Å²) < 4.78 is 0.734. The minimum Gasteiger partial charge on any atom is -0.369 e. The zero-order chi connectivity index (χ0) is 14.5. The van der Waals surface area contributed by atoms with Crippen molar-refractivity contribution in [2.24, 2.45) is 0 Å². The van der Waals surface area contributed by atoms with Crippen LogP contribution in [0.3, 0.4) is 0 Å². The molecule has 104 valence electrons. The summed E-state index contributed by atoms with van der Waals surface area (Å²) in [5.41, 5.74) is 1.11. The number of nitrogens with zero attached hydrogens (tertiary/aromatic N) is 3. The van der Waals surface area contributed by atoms with E-state index in [1.807, 2.05) is 6.92 Å². The lowest BCUT2D eigenvalue weighted by molar-refractivity contribution is -0.106. The molecule has 0 aliphatic rings. The number of hydrogen-bond donors (Lipinski definition) is 1. The van der Waals surface area contributed by atoms with E-state index in [0.29, 0.717) is 30.1 Å². The Morgan fingerprint density at radius 1 is 1.45 bits per heavy atom. The van der Waals surface area contributed by atoms with Gasteiger partial charge in [0.2, 0.25) is 6.41 Å². The standard InChI is InChI=1S/C13H12BrClN4O/c1-2-16-13-10(4-3-5-17-13)19(8-20)11-6-9(14)7-18-12(11)15/h3-8H,2H2,1H3,(H,16,17). The van der Waals surface area contributed by atoms with Gasteiger partial charge >= 0.3 is 0 Å². The molecule has 0 aromatic carbocycles.